The Kier molecular flexibility index (Phi) is 7.72. The maximum Gasteiger partial charge on any atom is 0.224 e. The largest absolute Gasteiger partial charge is 0.388 e. The van der Waals surface area contributed by atoms with Crippen molar-refractivity contribution in [2.45, 2.75) is 38.3 Å². The first-order chi connectivity index (χ1) is 9.66. The van der Waals surface area contributed by atoms with Crippen LogP contribution in [-0.2, 0) is 4.79 Å². The summed E-state index contributed by atoms with van der Waals surface area (Å²) in [5.41, 5.74) is 0.896. The Morgan fingerprint density at radius 3 is 2.76 bits per heavy atom. The lowest BCUT2D eigenvalue weighted by atomic mass is 9.97. The summed E-state index contributed by atoms with van der Waals surface area (Å²) in [6.45, 7) is 3.71. The van der Waals surface area contributed by atoms with Crippen molar-refractivity contribution >= 4 is 18.3 Å². The van der Waals surface area contributed by atoms with Crippen LogP contribution in [-0.4, -0.2) is 30.1 Å². The van der Waals surface area contributed by atoms with Crippen LogP contribution in [0.1, 0.15) is 37.9 Å². The van der Waals surface area contributed by atoms with Gasteiger partial charge in [-0.2, -0.15) is 0 Å². The van der Waals surface area contributed by atoms with Gasteiger partial charge in [-0.25, -0.2) is 0 Å². The normalized spacial score (nSPS) is 21.0. The molecule has 1 fully saturated rings. The average molecular weight is 313 g/mol. The fraction of sp³-hybridized carbons (Fsp3) is 0.562. The van der Waals surface area contributed by atoms with Gasteiger partial charge in [-0.15, -0.1) is 12.4 Å². The fourth-order valence-corrected chi connectivity index (χ4v) is 2.64. The predicted molar refractivity (Wildman–Crippen MR) is 86.5 cm³/mol. The molecular weight excluding hydrogens is 288 g/mol. The standard InChI is InChI=1S/C16H24N2O2.ClH/c1-12(10-15(19)13-6-3-2-4-7-13)18-16(20)14-8-5-9-17-11-14;/h2-4,6-7,12,14-15,17,19H,5,8-11H2,1H3,(H,18,20);1H. The highest BCUT2D eigenvalue weighted by atomic mass is 35.5. The number of piperidine rings is 1. The summed E-state index contributed by atoms with van der Waals surface area (Å²) in [6.07, 6.45) is 2.01. The second kappa shape index (κ2) is 9.03. The lowest BCUT2D eigenvalue weighted by molar-refractivity contribution is -0.126. The van der Waals surface area contributed by atoms with Gasteiger partial charge in [-0.05, 0) is 38.3 Å². The summed E-state index contributed by atoms with van der Waals surface area (Å²) < 4.78 is 0. The fourth-order valence-electron chi connectivity index (χ4n) is 2.64. The Hall–Kier alpha value is -1.10. The maximum absolute atomic E-state index is 12.1. The zero-order chi connectivity index (χ0) is 14.4. The van der Waals surface area contributed by atoms with Crippen molar-refractivity contribution in [2.24, 2.45) is 5.92 Å². The van der Waals surface area contributed by atoms with Crippen LogP contribution in [0.5, 0.6) is 0 Å². The molecule has 1 aliphatic heterocycles. The third kappa shape index (κ3) is 5.65. The van der Waals surface area contributed by atoms with Crippen molar-refractivity contribution in [1.29, 1.82) is 0 Å². The summed E-state index contributed by atoms with van der Waals surface area (Å²) in [7, 11) is 0. The number of benzene rings is 1. The third-order valence-electron chi connectivity index (χ3n) is 3.82. The average Bonchev–Trinajstić information content (AvgIpc) is 2.49. The Morgan fingerprint density at radius 2 is 2.14 bits per heavy atom. The first-order valence-corrected chi connectivity index (χ1v) is 7.41. The van der Waals surface area contributed by atoms with E-state index in [9.17, 15) is 9.90 Å². The summed E-state index contributed by atoms with van der Waals surface area (Å²) in [6, 6.07) is 9.54. The van der Waals surface area contributed by atoms with Crippen LogP contribution in [0.15, 0.2) is 30.3 Å². The Morgan fingerprint density at radius 1 is 1.43 bits per heavy atom. The molecule has 21 heavy (non-hydrogen) atoms. The van der Waals surface area contributed by atoms with Crippen molar-refractivity contribution in [1.82, 2.24) is 10.6 Å². The van der Waals surface area contributed by atoms with E-state index in [2.05, 4.69) is 10.6 Å². The number of aliphatic hydroxyl groups is 1. The number of carbonyl (C=O) groups is 1. The first kappa shape index (κ1) is 18.0. The molecule has 1 aliphatic rings. The molecular formula is C16H25ClN2O2. The second-order valence-corrected chi connectivity index (χ2v) is 5.62. The van der Waals surface area contributed by atoms with Crippen molar-refractivity contribution < 1.29 is 9.90 Å². The van der Waals surface area contributed by atoms with E-state index in [1.165, 1.54) is 0 Å². The van der Waals surface area contributed by atoms with Crippen molar-refractivity contribution in [3.05, 3.63) is 35.9 Å². The van der Waals surface area contributed by atoms with Gasteiger partial charge in [-0.3, -0.25) is 4.79 Å². The van der Waals surface area contributed by atoms with Gasteiger partial charge in [0.2, 0.25) is 5.91 Å². The summed E-state index contributed by atoms with van der Waals surface area (Å²) in [5.74, 6) is 0.171. The highest BCUT2D eigenvalue weighted by Gasteiger charge is 2.22. The van der Waals surface area contributed by atoms with E-state index in [0.29, 0.717) is 6.42 Å². The van der Waals surface area contributed by atoms with E-state index in [1.54, 1.807) is 0 Å². The number of halogens is 1. The number of aliphatic hydroxyl groups excluding tert-OH is 1. The highest BCUT2D eigenvalue weighted by molar-refractivity contribution is 5.85. The number of amides is 1. The molecule has 118 valence electrons. The topological polar surface area (TPSA) is 61.4 Å². The molecule has 0 saturated carbocycles. The van der Waals surface area contributed by atoms with Crippen molar-refractivity contribution in [3.63, 3.8) is 0 Å². The SMILES string of the molecule is CC(CC(O)c1ccccc1)NC(=O)C1CCCNC1.Cl. The molecule has 0 aliphatic carbocycles. The predicted octanol–water partition coefficient (Wildman–Crippen LogP) is 2.04. The van der Waals surface area contributed by atoms with E-state index < -0.39 is 6.10 Å². The quantitative estimate of drug-likeness (QED) is 0.779. The summed E-state index contributed by atoms with van der Waals surface area (Å²) in [4.78, 5) is 12.1. The molecule has 5 heteroatoms. The summed E-state index contributed by atoms with van der Waals surface area (Å²) in [5, 5.41) is 16.4. The van der Waals surface area contributed by atoms with E-state index >= 15 is 0 Å². The van der Waals surface area contributed by atoms with Gasteiger partial charge < -0.3 is 15.7 Å². The third-order valence-corrected chi connectivity index (χ3v) is 3.82. The summed E-state index contributed by atoms with van der Waals surface area (Å²) >= 11 is 0. The van der Waals surface area contributed by atoms with E-state index in [-0.39, 0.29) is 30.3 Å². The zero-order valence-electron chi connectivity index (χ0n) is 12.4. The number of carbonyl (C=O) groups excluding carboxylic acids is 1. The zero-order valence-corrected chi connectivity index (χ0v) is 13.2. The van der Waals surface area contributed by atoms with Gasteiger partial charge >= 0.3 is 0 Å². The first-order valence-electron chi connectivity index (χ1n) is 7.41. The maximum atomic E-state index is 12.1. The van der Waals surface area contributed by atoms with Crippen LogP contribution in [0.4, 0.5) is 0 Å². The van der Waals surface area contributed by atoms with Crippen molar-refractivity contribution in [3.8, 4) is 0 Å². The van der Waals surface area contributed by atoms with Gasteiger partial charge in [0.1, 0.15) is 0 Å². The van der Waals surface area contributed by atoms with E-state index in [0.717, 1.165) is 31.5 Å². The van der Waals surface area contributed by atoms with Crippen LogP contribution in [0.3, 0.4) is 0 Å². The van der Waals surface area contributed by atoms with Crippen LogP contribution in [0.25, 0.3) is 0 Å². The number of hydrogen-bond acceptors (Lipinski definition) is 3. The molecule has 3 atom stereocenters. The van der Waals surface area contributed by atoms with Gasteiger partial charge in [0.25, 0.3) is 0 Å². The molecule has 3 unspecified atom stereocenters. The van der Waals surface area contributed by atoms with Gasteiger partial charge in [0.05, 0.1) is 12.0 Å². The van der Waals surface area contributed by atoms with Gasteiger partial charge in [0.15, 0.2) is 0 Å². The Labute approximate surface area is 132 Å². The smallest absolute Gasteiger partial charge is 0.224 e. The van der Waals surface area contributed by atoms with Crippen LogP contribution < -0.4 is 10.6 Å². The minimum Gasteiger partial charge on any atom is -0.388 e. The van der Waals surface area contributed by atoms with Gasteiger partial charge in [-0.1, -0.05) is 30.3 Å². The van der Waals surface area contributed by atoms with Crippen LogP contribution in [0.2, 0.25) is 0 Å². The molecule has 3 N–H and O–H groups in total. The molecule has 1 heterocycles. The molecule has 0 aromatic heterocycles. The van der Waals surface area contributed by atoms with Crippen LogP contribution >= 0.6 is 12.4 Å². The molecule has 1 aromatic carbocycles. The highest BCUT2D eigenvalue weighted by Crippen LogP contribution is 2.18. The van der Waals surface area contributed by atoms with E-state index in [4.69, 9.17) is 0 Å². The molecule has 2 rings (SSSR count). The number of nitrogens with one attached hydrogen (secondary N) is 2. The molecule has 0 spiro atoms. The van der Waals surface area contributed by atoms with Crippen LogP contribution in [0, 0.1) is 5.92 Å². The van der Waals surface area contributed by atoms with E-state index in [1.807, 2.05) is 37.3 Å². The second-order valence-electron chi connectivity index (χ2n) is 5.62. The molecule has 1 aromatic rings. The Balaban J connectivity index is 0.00000220. The Bertz CT molecular complexity index is 422. The molecule has 0 bridgehead atoms. The lowest BCUT2D eigenvalue weighted by Crippen LogP contribution is -2.43. The number of rotatable bonds is 5. The minimum absolute atomic E-state index is 0. The molecule has 0 radical (unpaired) electrons. The monoisotopic (exact) mass is 312 g/mol. The molecule has 4 nitrogen and oxygen atoms in total. The molecule has 1 saturated heterocycles. The lowest BCUT2D eigenvalue weighted by Gasteiger charge is -2.25. The minimum atomic E-state index is -0.531. The van der Waals surface area contributed by atoms with Gasteiger partial charge in [0, 0.05) is 12.6 Å². The number of hydrogen-bond donors (Lipinski definition) is 3. The van der Waals surface area contributed by atoms with Crippen molar-refractivity contribution in [2.75, 3.05) is 13.1 Å². The molecule has 1 amide bonds.